The second-order valence-corrected chi connectivity index (χ2v) is 3.81. The largest absolute Gasteiger partial charge is 0.290 e. The molecule has 1 nitrogen and oxygen atoms in total. The van der Waals surface area contributed by atoms with Gasteiger partial charge in [0.1, 0.15) is 0 Å². The lowest BCUT2D eigenvalue weighted by molar-refractivity contribution is 1.63. The highest BCUT2D eigenvalue weighted by Crippen LogP contribution is 1.79. The van der Waals surface area contributed by atoms with E-state index in [9.17, 15) is 4.79 Å². The molecule has 0 fully saturated rings. The third-order valence-electron chi connectivity index (χ3n) is 2.19. The highest BCUT2D eigenvalue weighted by Gasteiger charge is 1.67. The Balaban J connectivity index is 3.14. The van der Waals surface area contributed by atoms with E-state index in [4.69, 9.17) is 0 Å². The minimum Gasteiger partial charge on any atom is -0.290 e. The molecular formula is C19H18O. The fraction of sp³-hybridized carbons (Fsp3) is 0. The molecule has 0 saturated carbocycles. The van der Waals surface area contributed by atoms with Crippen LogP contribution in [0.3, 0.4) is 0 Å². The van der Waals surface area contributed by atoms with Gasteiger partial charge in [0, 0.05) is 0 Å². The predicted molar refractivity (Wildman–Crippen MR) is 85.6 cm³/mol. The van der Waals surface area contributed by atoms with E-state index >= 15 is 0 Å². The lowest BCUT2D eigenvalue weighted by Crippen LogP contribution is -1.88. The van der Waals surface area contributed by atoms with E-state index in [2.05, 4.69) is 0 Å². The van der Waals surface area contributed by atoms with Crippen molar-refractivity contribution in [2.75, 3.05) is 0 Å². The molecule has 0 aromatic heterocycles. The molecule has 0 aliphatic carbocycles. The summed E-state index contributed by atoms with van der Waals surface area (Å²) in [6.45, 7) is 0. The van der Waals surface area contributed by atoms with Crippen LogP contribution in [-0.2, 0) is 0 Å². The summed E-state index contributed by atoms with van der Waals surface area (Å²) < 4.78 is 0. The van der Waals surface area contributed by atoms with Gasteiger partial charge >= 0.3 is 0 Å². The Morgan fingerprint density at radius 3 is 0.800 bits per heavy atom. The maximum atomic E-state index is 11.4. The zero-order chi connectivity index (χ0) is 14.3. The number of hydrogen-bond donors (Lipinski definition) is 0. The van der Waals surface area contributed by atoms with Gasteiger partial charge in [-0.3, -0.25) is 4.79 Å². The second-order valence-electron chi connectivity index (χ2n) is 3.81. The molecule has 1 aromatic carbocycles. The molecule has 20 heavy (non-hydrogen) atoms. The van der Waals surface area contributed by atoms with Gasteiger partial charge in [-0.15, -0.1) is 0 Å². The normalized spacial score (nSPS) is 8.20. The molecule has 0 atom stereocenters. The molecule has 100 valence electrons. The first-order valence-corrected chi connectivity index (χ1v) is 6.45. The van der Waals surface area contributed by atoms with E-state index in [0.717, 1.165) is 0 Å². The van der Waals surface area contributed by atoms with E-state index in [0.29, 0.717) is 0 Å². The summed E-state index contributed by atoms with van der Waals surface area (Å²) in [5.74, 6) is 0. The van der Waals surface area contributed by atoms with Gasteiger partial charge in [0.2, 0.25) is 0 Å². The van der Waals surface area contributed by atoms with Crippen LogP contribution < -0.4 is 5.43 Å². The predicted octanol–water partition coefficient (Wildman–Crippen LogP) is 4.42. The van der Waals surface area contributed by atoms with Crippen molar-refractivity contribution in [1.82, 2.24) is 0 Å². The quantitative estimate of drug-likeness (QED) is 0.676. The van der Waals surface area contributed by atoms with Gasteiger partial charge < -0.3 is 0 Å². The summed E-state index contributed by atoms with van der Waals surface area (Å²) in [5.41, 5.74) is -0.0332. The molecule has 0 aliphatic heterocycles. The minimum absolute atomic E-state index is 0.0332. The van der Waals surface area contributed by atoms with E-state index in [-0.39, 0.29) is 5.43 Å². The first kappa shape index (κ1) is 15.4. The summed E-state index contributed by atoms with van der Waals surface area (Å²) in [7, 11) is 0. The van der Waals surface area contributed by atoms with Crippen molar-refractivity contribution in [3.8, 4) is 0 Å². The lowest BCUT2D eigenvalue weighted by atomic mass is 10.4. The van der Waals surface area contributed by atoms with Crippen LogP contribution in [0.15, 0.2) is 114 Å². The van der Waals surface area contributed by atoms with E-state index in [1.54, 1.807) is 12.1 Å². The Bertz CT molecular complexity index is 566. The molecule has 0 unspecified atom stereocenters. The van der Waals surface area contributed by atoms with E-state index in [1.165, 1.54) is 12.1 Å². The summed E-state index contributed by atoms with van der Waals surface area (Å²) in [6, 6.07) is 33.3. The second kappa shape index (κ2) is 11.4. The molecule has 0 bridgehead atoms. The highest BCUT2D eigenvalue weighted by atomic mass is 16.1. The van der Waals surface area contributed by atoms with Crippen molar-refractivity contribution in [3.63, 3.8) is 0 Å². The highest BCUT2D eigenvalue weighted by molar-refractivity contribution is 5.00. The molecule has 1 rings (SSSR count). The monoisotopic (exact) mass is 262 g/mol. The van der Waals surface area contributed by atoms with Crippen molar-refractivity contribution in [3.05, 3.63) is 119 Å². The van der Waals surface area contributed by atoms with Gasteiger partial charge in [-0.05, 0) is 12.1 Å². The number of rotatable bonds is 0. The Hall–Kier alpha value is -2.67. The third kappa shape index (κ3) is 9.37. The molecule has 0 N–H and O–H groups in total. The van der Waals surface area contributed by atoms with Crippen molar-refractivity contribution in [1.29, 1.82) is 0 Å². The maximum absolute atomic E-state index is 11.4. The zero-order valence-electron chi connectivity index (χ0n) is 11.3. The SMILES string of the molecule is O=c1cccccccccccccccccc1. The van der Waals surface area contributed by atoms with Crippen LogP contribution >= 0.6 is 0 Å². The Morgan fingerprint density at radius 2 is 0.550 bits per heavy atom. The van der Waals surface area contributed by atoms with Crippen LogP contribution in [0.2, 0.25) is 0 Å². The van der Waals surface area contributed by atoms with E-state index < -0.39 is 0 Å². The van der Waals surface area contributed by atoms with Gasteiger partial charge in [-0.2, -0.15) is 0 Å². The van der Waals surface area contributed by atoms with Crippen molar-refractivity contribution in [2.24, 2.45) is 0 Å². The van der Waals surface area contributed by atoms with Crippen LogP contribution in [0.25, 0.3) is 0 Å². The molecular weight excluding hydrogens is 244 g/mol. The van der Waals surface area contributed by atoms with Gasteiger partial charge in [0.05, 0.1) is 0 Å². The summed E-state index contributed by atoms with van der Waals surface area (Å²) >= 11 is 0. The molecule has 1 aromatic rings. The first-order chi connectivity index (χ1) is 9.89. The first-order valence-electron chi connectivity index (χ1n) is 6.45. The molecule has 0 spiro atoms. The van der Waals surface area contributed by atoms with Crippen LogP contribution in [0.1, 0.15) is 0 Å². The number of hydrogen-bond acceptors (Lipinski definition) is 1. The Morgan fingerprint density at radius 1 is 0.350 bits per heavy atom. The molecule has 0 heterocycles. The Labute approximate surface area is 120 Å². The molecule has 0 aliphatic rings. The van der Waals surface area contributed by atoms with Gasteiger partial charge in [-0.1, -0.05) is 97.1 Å². The lowest BCUT2D eigenvalue weighted by Gasteiger charge is -1.68. The van der Waals surface area contributed by atoms with Crippen molar-refractivity contribution < 1.29 is 0 Å². The average molecular weight is 262 g/mol. The van der Waals surface area contributed by atoms with Crippen LogP contribution in [0, 0.1) is 0 Å². The van der Waals surface area contributed by atoms with Crippen LogP contribution in [0.4, 0.5) is 0 Å². The third-order valence-corrected chi connectivity index (χ3v) is 2.19. The van der Waals surface area contributed by atoms with Gasteiger partial charge in [0.15, 0.2) is 5.43 Å². The van der Waals surface area contributed by atoms with Gasteiger partial charge in [-0.25, -0.2) is 0 Å². The Kier molecular flexibility index (Phi) is 8.79. The van der Waals surface area contributed by atoms with Crippen molar-refractivity contribution in [2.45, 2.75) is 0 Å². The van der Waals surface area contributed by atoms with Crippen LogP contribution in [-0.4, -0.2) is 0 Å². The molecule has 0 amide bonds. The van der Waals surface area contributed by atoms with Gasteiger partial charge in [0.25, 0.3) is 0 Å². The fourth-order valence-corrected chi connectivity index (χ4v) is 1.25. The minimum atomic E-state index is -0.0332. The summed E-state index contributed by atoms with van der Waals surface area (Å²) in [4.78, 5) is 11.4. The molecule has 1 heteroatoms. The molecule has 0 saturated heterocycles. The average Bonchev–Trinajstić information content (AvgIpc) is 2.45. The smallest absolute Gasteiger partial charge is 0.178 e. The van der Waals surface area contributed by atoms with Crippen molar-refractivity contribution >= 4 is 0 Å². The molecule has 0 radical (unpaired) electrons. The zero-order valence-corrected chi connectivity index (χ0v) is 11.3. The topological polar surface area (TPSA) is 17.1 Å². The van der Waals surface area contributed by atoms with E-state index in [1.807, 2.05) is 84.9 Å². The van der Waals surface area contributed by atoms with Crippen LogP contribution in [0.5, 0.6) is 0 Å². The summed E-state index contributed by atoms with van der Waals surface area (Å²) in [5, 5.41) is 0. The maximum Gasteiger partial charge on any atom is 0.178 e. The summed E-state index contributed by atoms with van der Waals surface area (Å²) in [6.07, 6.45) is 0. The fourth-order valence-electron chi connectivity index (χ4n) is 1.25. The standard InChI is InChI=1S/C19H18O/c20-19-17-15-13-11-9-7-5-3-1-2-4-6-8-10-12-14-16-18-19/h1-18H.